The molecule has 0 atom stereocenters. The molecule has 0 aliphatic heterocycles. The first-order chi connectivity index (χ1) is 20.5. The van der Waals surface area contributed by atoms with E-state index in [1.54, 1.807) is 84.1 Å². The molecule has 4 rings (SSSR count). The number of hydrogen-bond donors (Lipinski definition) is 0. The molecule has 0 spiro atoms. The van der Waals surface area contributed by atoms with Crippen LogP contribution in [0.1, 0.15) is 47.1 Å². The van der Waals surface area contributed by atoms with Gasteiger partial charge in [-0.2, -0.15) is 0 Å². The highest BCUT2D eigenvalue weighted by Crippen LogP contribution is 2.21. The van der Waals surface area contributed by atoms with Crippen LogP contribution in [0, 0.1) is 0 Å². The molecule has 0 fully saturated rings. The summed E-state index contributed by atoms with van der Waals surface area (Å²) in [6, 6.07) is 14.2. The van der Waals surface area contributed by atoms with Crippen molar-refractivity contribution in [2.45, 2.75) is 72.3 Å². The van der Waals surface area contributed by atoms with Crippen molar-refractivity contribution in [3.63, 3.8) is 0 Å². The van der Waals surface area contributed by atoms with Crippen LogP contribution in [0.4, 0.5) is 0 Å². The van der Waals surface area contributed by atoms with Gasteiger partial charge < -0.3 is 23.3 Å². The Morgan fingerprint density at radius 1 is 0.659 bits per heavy atom. The maximum atomic E-state index is 12.6. The van der Waals surface area contributed by atoms with E-state index < -0.39 is 29.1 Å². The van der Waals surface area contributed by atoms with Gasteiger partial charge in [-0.15, -0.1) is 0 Å². The largest absolute Gasteiger partial charge is 0.469 e. The molecular formula is C33H37BrN2O8. The van der Waals surface area contributed by atoms with E-state index in [4.69, 9.17) is 14.2 Å². The molecule has 0 bridgehead atoms. The van der Waals surface area contributed by atoms with Gasteiger partial charge in [0.1, 0.15) is 24.3 Å². The number of methoxy groups -OCH3 is 1. The zero-order valence-electron chi connectivity index (χ0n) is 25.9. The van der Waals surface area contributed by atoms with Gasteiger partial charge in [0.15, 0.2) is 0 Å². The lowest BCUT2D eigenvalue weighted by molar-refractivity contribution is -0.156. The van der Waals surface area contributed by atoms with E-state index in [-0.39, 0.29) is 30.6 Å². The van der Waals surface area contributed by atoms with Crippen molar-refractivity contribution in [2.24, 2.45) is 0 Å². The summed E-state index contributed by atoms with van der Waals surface area (Å²) in [5.41, 5.74) is -1.07. The molecule has 4 aromatic rings. The molecule has 0 N–H and O–H groups in total. The van der Waals surface area contributed by atoms with Crippen molar-refractivity contribution in [3.8, 4) is 0 Å². The van der Waals surface area contributed by atoms with Crippen molar-refractivity contribution in [1.29, 1.82) is 0 Å². The summed E-state index contributed by atoms with van der Waals surface area (Å²) in [7, 11) is 1.31. The molecule has 0 radical (unpaired) electrons. The number of ether oxygens (including phenoxy) is 3. The Balaban J connectivity index is 0.000000244. The summed E-state index contributed by atoms with van der Waals surface area (Å²) < 4.78 is 18.6. The molecule has 0 aliphatic rings. The molecule has 44 heavy (non-hydrogen) atoms. The van der Waals surface area contributed by atoms with Crippen LogP contribution >= 0.6 is 15.9 Å². The van der Waals surface area contributed by atoms with Crippen LogP contribution in [0.5, 0.6) is 0 Å². The summed E-state index contributed by atoms with van der Waals surface area (Å²) >= 11 is 3.42. The Hall–Kier alpha value is -4.25. The monoisotopic (exact) mass is 668 g/mol. The zero-order chi connectivity index (χ0) is 32.8. The molecule has 0 amide bonds. The summed E-state index contributed by atoms with van der Waals surface area (Å²) in [5, 5.41) is 2.53. The topological polar surface area (TPSA) is 123 Å². The van der Waals surface area contributed by atoms with Crippen LogP contribution < -0.4 is 11.1 Å². The standard InChI is InChI=1S/C18H21NO5.C15H16BrNO3/c1-18(2,3)24-16(21)11-19-10-12(9-15(20)23-4)13-7-5-6-8-14(13)17(19)22;1-15(2,3)20-13(18)9-17-8-12(16)10-6-4-5-7-11(10)14(17)19/h5-8,10H,9,11H2,1-4H3;4-8H,9H2,1-3H3. The number of fused-ring (bicyclic) bond motifs is 2. The lowest BCUT2D eigenvalue weighted by atomic mass is 10.1. The van der Waals surface area contributed by atoms with E-state index in [1.165, 1.54) is 22.4 Å². The van der Waals surface area contributed by atoms with Crippen LogP contribution in [0.2, 0.25) is 0 Å². The summed E-state index contributed by atoms with van der Waals surface area (Å²) in [6.07, 6.45) is 3.16. The third-order valence-electron chi connectivity index (χ3n) is 6.02. The quantitative estimate of drug-likeness (QED) is 0.204. The van der Waals surface area contributed by atoms with Crippen LogP contribution in [0.3, 0.4) is 0 Å². The molecular weight excluding hydrogens is 632 g/mol. The second-order valence-corrected chi connectivity index (χ2v) is 12.9. The first-order valence-corrected chi connectivity index (χ1v) is 14.7. The maximum Gasteiger partial charge on any atom is 0.326 e. The summed E-state index contributed by atoms with van der Waals surface area (Å²) in [5.74, 6) is -1.35. The molecule has 2 heterocycles. The van der Waals surface area contributed by atoms with E-state index in [9.17, 15) is 24.0 Å². The SMILES string of the molecule is CC(C)(C)OC(=O)Cn1cc(Br)c2ccccc2c1=O.COC(=O)Cc1cn(CC(=O)OC(C)(C)C)c(=O)c2ccccc12. The van der Waals surface area contributed by atoms with Gasteiger partial charge in [-0.3, -0.25) is 24.0 Å². The van der Waals surface area contributed by atoms with Crippen LogP contribution in [-0.4, -0.2) is 45.4 Å². The number of hydrogen-bond acceptors (Lipinski definition) is 8. The van der Waals surface area contributed by atoms with Gasteiger partial charge in [0.25, 0.3) is 11.1 Å². The summed E-state index contributed by atoms with van der Waals surface area (Å²) in [4.78, 5) is 60.4. The average molecular weight is 670 g/mol. The van der Waals surface area contributed by atoms with Crippen LogP contribution in [0.25, 0.3) is 21.5 Å². The fourth-order valence-corrected chi connectivity index (χ4v) is 4.94. The van der Waals surface area contributed by atoms with Crippen molar-refractivity contribution >= 4 is 55.4 Å². The molecule has 11 heteroatoms. The number of halogens is 1. The van der Waals surface area contributed by atoms with E-state index in [1.807, 2.05) is 12.1 Å². The lowest BCUT2D eigenvalue weighted by Gasteiger charge is -2.20. The Bertz CT molecular complexity index is 1810. The molecule has 0 unspecified atom stereocenters. The van der Waals surface area contributed by atoms with Crippen LogP contribution in [0.15, 0.2) is 75.0 Å². The highest BCUT2D eigenvalue weighted by Gasteiger charge is 2.20. The fraction of sp³-hybridized carbons (Fsp3) is 0.364. The second kappa shape index (κ2) is 14.0. The predicted octanol–water partition coefficient (Wildman–Crippen LogP) is 5.16. The number of aromatic nitrogens is 2. The molecule has 10 nitrogen and oxygen atoms in total. The van der Waals surface area contributed by atoms with Gasteiger partial charge >= 0.3 is 17.9 Å². The van der Waals surface area contributed by atoms with Gasteiger partial charge in [-0.05, 0) is 80.6 Å². The number of benzene rings is 2. The average Bonchev–Trinajstić information content (AvgIpc) is 2.92. The zero-order valence-corrected chi connectivity index (χ0v) is 27.5. The smallest absolute Gasteiger partial charge is 0.326 e. The van der Waals surface area contributed by atoms with E-state index in [2.05, 4.69) is 15.9 Å². The van der Waals surface area contributed by atoms with Crippen molar-refractivity contribution < 1.29 is 28.6 Å². The minimum Gasteiger partial charge on any atom is -0.469 e. The molecule has 234 valence electrons. The van der Waals surface area contributed by atoms with Crippen molar-refractivity contribution in [2.75, 3.05) is 7.11 Å². The molecule has 2 aromatic heterocycles. The predicted molar refractivity (Wildman–Crippen MR) is 172 cm³/mol. The maximum absolute atomic E-state index is 12.6. The Labute approximate surface area is 263 Å². The van der Waals surface area contributed by atoms with Gasteiger partial charge in [-0.1, -0.05) is 36.4 Å². The third-order valence-corrected chi connectivity index (χ3v) is 6.65. The highest BCUT2D eigenvalue weighted by atomic mass is 79.9. The molecule has 0 saturated heterocycles. The Kier molecular flexibility index (Phi) is 10.9. The minimum atomic E-state index is -0.633. The first kappa shape index (κ1) is 34.2. The Morgan fingerprint density at radius 2 is 1.07 bits per heavy atom. The van der Waals surface area contributed by atoms with Gasteiger partial charge in [0.2, 0.25) is 0 Å². The van der Waals surface area contributed by atoms with Crippen LogP contribution in [-0.2, 0) is 48.1 Å². The second-order valence-electron chi connectivity index (χ2n) is 12.0. The van der Waals surface area contributed by atoms with Crippen molar-refractivity contribution in [1.82, 2.24) is 9.13 Å². The van der Waals surface area contributed by atoms with E-state index >= 15 is 0 Å². The fourth-order valence-electron chi connectivity index (χ4n) is 4.35. The van der Waals surface area contributed by atoms with Crippen molar-refractivity contribution in [3.05, 3.63) is 91.7 Å². The first-order valence-electron chi connectivity index (χ1n) is 13.9. The number of pyridine rings is 2. The number of nitrogens with zero attached hydrogens (tertiary/aromatic N) is 2. The molecule has 0 saturated carbocycles. The normalized spacial score (nSPS) is 11.5. The van der Waals surface area contributed by atoms with Gasteiger partial charge in [0.05, 0.1) is 13.5 Å². The number of carbonyl (C=O) groups is 3. The van der Waals surface area contributed by atoms with E-state index in [0.29, 0.717) is 21.7 Å². The summed E-state index contributed by atoms with van der Waals surface area (Å²) in [6.45, 7) is 10.4. The van der Waals surface area contributed by atoms with E-state index in [0.717, 1.165) is 9.86 Å². The number of esters is 3. The lowest BCUT2D eigenvalue weighted by Crippen LogP contribution is -2.31. The molecule has 0 aliphatic carbocycles. The van der Waals surface area contributed by atoms with Gasteiger partial charge in [-0.25, -0.2) is 0 Å². The van der Waals surface area contributed by atoms with Gasteiger partial charge in [0, 0.05) is 33.0 Å². The highest BCUT2D eigenvalue weighted by molar-refractivity contribution is 9.10. The Morgan fingerprint density at radius 3 is 1.52 bits per heavy atom. The number of carbonyl (C=O) groups excluding carboxylic acids is 3. The molecule has 2 aromatic carbocycles. The number of rotatable bonds is 6. The third kappa shape index (κ3) is 9.37. The minimum absolute atomic E-state index is 0.0195.